The predicted octanol–water partition coefficient (Wildman–Crippen LogP) is -1.84. The number of anilines is 1. The molecule has 1 fully saturated rings. The molecule has 5 N–H and O–H groups in total. The number of rotatable bonds is 3. The summed E-state index contributed by atoms with van der Waals surface area (Å²) in [5.41, 5.74) is 0.478. The van der Waals surface area contributed by atoms with Gasteiger partial charge < -0.3 is 40.0 Å². The molecule has 9 heteroatoms. The zero-order valence-electron chi connectivity index (χ0n) is 11.9. The van der Waals surface area contributed by atoms with E-state index < -0.39 is 49.5 Å². The fourth-order valence-electron chi connectivity index (χ4n) is 2.42. The molecule has 2 aliphatic heterocycles. The number of benzene rings is 1. The van der Waals surface area contributed by atoms with Crippen molar-refractivity contribution in [3.63, 3.8) is 0 Å². The molecule has 0 saturated carbocycles. The zero-order valence-corrected chi connectivity index (χ0v) is 11.9. The Labute approximate surface area is 131 Å². The molecule has 6 atom stereocenters. The normalized spacial score (nSPS) is 36.8. The zero-order chi connectivity index (χ0) is 16.6. The van der Waals surface area contributed by atoms with Crippen LogP contribution in [0.2, 0.25) is 0 Å². The Morgan fingerprint density at radius 1 is 1.13 bits per heavy atom. The number of hydrogen-bond acceptors (Lipinski definition) is 8. The quantitative estimate of drug-likeness (QED) is 0.437. The van der Waals surface area contributed by atoms with E-state index in [1.54, 1.807) is 24.3 Å². The van der Waals surface area contributed by atoms with Crippen molar-refractivity contribution in [1.29, 1.82) is 0 Å². The van der Waals surface area contributed by atoms with Gasteiger partial charge in [-0.3, -0.25) is 4.79 Å². The third kappa shape index (κ3) is 3.02. The van der Waals surface area contributed by atoms with Crippen LogP contribution < -0.4 is 10.1 Å². The molecule has 1 saturated heterocycles. The lowest BCUT2D eigenvalue weighted by Gasteiger charge is -2.40. The van der Waals surface area contributed by atoms with Crippen molar-refractivity contribution in [2.75, 3.05) is 11.9 Å². The van der Waals surface area contributed by atoms with Gasteiger partial charge in [0.25, 0.3) is 12.2 Å². The SMILES string of the molecule is O=C1Nc2ccccc2OC1O[C@@H]1O[C@H](CO)[C@@H](O)[C@H](O)[C@H]1O. The van der Waals surface area contributed by atoms with E-state index >= 15 is 0 Å². The molecule has 0 spiro atoms. The topological polar surface area (TPSA) is 138 Å². The summed E-state index contributed by atoms with van der Waals surface area (Å²) in [7, 11) is 0. The van der Waals surface area contributed by atoms with Crippen molar-refractivity contribution >= 4 is 11.6 Å². The summed E-state index contributed by atoms with van der Waals surface area (Å²) in [6.45, 7) is -0.592. The van der Waals surface area contributed by atoms with Gasteiger partial charge in [-0.2, -0.15) is 0 Å². The number of para-hydroxylation sites is 2. The third-order valence-corrected chi connectivity index (χ3v) is 3.70. The standard InChI is InChI=1S/C14H17NO8/c16-5-8-9(17)10(18)11(19)13(22-8)23-14-12(20)15-6-3-1-2-4-7(6)21-14/h1-4,8-11,13-14,16-19H,5H2,(H,15,20)/t8-,9-,10+,11-,13+,14?/m1/s1. The number of aliphatic hydroxyl groups excluding tert-OH is 4. The highest BCUT2D eigenvalue weighted by atomic mass is 16.8. The fraction of sp³-hybridized carbons (Fsp3) is 0.500. The first kappa shape index (κ1) is 16.1. The van der Waals surface area contributed by atoms with Crippen molar-refractivity contribution in [2.24, 2.45) is 0 Å². The van der Waals surface area contributed by atoms with Crippen LogP contribution in [0, 0.1) is 0 Å². The minimum atomic E-state index is -1.61. The van der Waals surface area contributed by atoms with Crippen LogP contribution in [0.15, 0.2) is 24.3 Å². The molecule has 2 heterocycles. The number of aliphatic hydroxyl groups is 4. The van der Waals surface area contributed by atoms with Crippen LogP contribution in [0.3, 0.4) is 0 Å². The lowest BCUT2D eigenvalue weighted by atomic mass is 9.99. The first-order valence-electron chi connectivity index (χ1n) is 7.04. The maximum atomic E-state index is 12.0. The van der Waals surface area contributed by atoms with Gasteiger partial charge >= 0.3 is 0 Å². The van der Waals surface area contributed by atoms with Crippen molar-refractivity contribution < 1.29 is 39.4 Å². The summed E-state index contributed by atoms with van der Waals surface area (Å²) in [6, 6.07) is 6.71. The lowest BCUT2D eigenvalue weighted by molar-refractivity contribution is -0.322. The van der Waals surface area contributed by atoms with Crippen molar-refractivity contribution in [3.8, 4) is 5.75 Å². The number of ether oxygens (including phenoxy) is 3. The first-order chi connectivity index (χ1) is 11.0. The minimum absolute atomic E-state index is 0.377. The van der Waals surface area contributed by atoms with E-state index in [0.717, 1.165) is 0 Å². The maximum Gasteiger partial charge on any atom is 0.294 e. The number of fused-ring (bicyclic) bond motifs is 1. The van der Waals surface area contributed by atoms with Gasteiger partial charge in [0.05, 0.1) is 12.3 Å². The Hall–Kier alpha value is -1.75. The molecule has 1 aromatic rings. The highest BCUT2D eigenvalue weighted by molar-refractivity contribution is 5.96. The second-order valence-electron chi connectivity index (χ2n) is 5.27. The predicted molar refractivity (Wildman–Crippen MR) is 74.3 cm³/mol. The van der Waals surface area contributed by atoms with Crippen LogP contribution >= 0.6 is 0 Å². The van der Waals surface area contributed by atoms with Crippen molar-refractivity contribution in [2.45, 2.75) is 37.0 Å². The summed E-state index contributed by atoms with van der Waals surface area (Å²) in [5.74, 6) is -0.234. The second kappa shape index (κ2) is 6.40. The van der Waals surface area contributed by atoms with E-state index in [4.69, 9.17) is 19.3 Å². The summed E-state index contributed by atoms with van der Waals surface area (Å²) >= 11 is 0. The monoisotopic (exact) mass is 327 g/mol. The Bertz CT molecular complexity index is 580. The Morgan fingerprint density at radius 3 is 2.61 bits per heavy atom. The number of amides is 1. The maximum absolute atomic E-state index is 12.0. The average molecular weight is 327 g/mol. The van der Waals surface area contributed by atoms with Gasteiger partial charge in [-0.05, 0) is 12.1 Å². The molecule has 0 radical (unpaired) electrons. The molecular weight excluding hydrogens is 310 g/mol. The van der Waals surface area contributed by atoms with E-state index in [0.29, 0.717) is 11.4 Å². The van der Waals surface area contributed by atoms with E-state index in [-0.39, 0.29) is 0 Å². The van der Waals surface area contributed by atoms with Crippen LogP contribution in [0.5, 0.6) is 5.75 Å². The Morgan fingerprint density at radius 2 is 1.87 bits per heavy atom. The van der Waals surface area contributed by atoms with E-state index in [2.05, 4.69) is 5.32 Å². The van der Waals surface area contributed by atoms with E-state index in [1.165, 1.54) is 0 Å². The summed E-state index contributed by atoms with van der Waals surface area (Å²) < 4.78 is 15.8. The Balaban J connectivity index is 1.72. The fourth-order valence-corrected chi connectivity index (χ4v) is 2.42. The average Bonchev–Trinajstić information content (AvgIpc) is 2.56. The third-order valence-electron chi connectivity index (χ3n) is 3.70. The molecule has 0 aromatic heterocycles. The molecule has 9 nitrogen and oxygen atoms in total. The summed E-state index contributed by atoms with van der Waals surface area (Å²) in [5, 5.41) is 41.0. The van der Waals surface area contributed by atoms with Gasteiger partial charge in [-0.1, -0.05) is 12.1 Å². The first-order valence-corrected chi connectivity index (χ1v) is 7.04. The van der Waals surface area contributed by atoms with Gasteiger partial charge in [0.1, 0.15) is 30.2 Å². The van der Waals surface area contributed by atoms with Crippen LogP contribution in [-0.4, -0.2) is 69.9 Å². The molecule has 1 aromatic carbocycles. The van der Waals surface area contributed by atoms with Crippen molar-refractivity contribution in [3.05, 3.63) is 24.3 Å². The molecule has 23 heavy (non-hydrogen) atoms. The van der Waals surface area contributed by atoms with Gasteiger partial charge in [-0.25, -0.2) is 0 Å². The number of hydrogen-bond donors (Lipinski definition) is 5. The second-order valence-corrected chi connectivity index (χ2v) is 5.27. The molecule has 3 rings (SSSR count). The van der Waals surface area contributed by atoms with Crippen molar-refractivity contribution in [1.82, 2.24) is 0 Å². The molecular formula is C14H17NO8. The molecule has 1 amide bonds. The van der Waals surface area contributed by atoms with Gasteiger partial charge in [-0.15, -0.1) is 0 Å². The van der Waals surface area contributed by atoms with Crippen LogP contribution in [0.1, 0.15) is 0 Å². The molecule has 0 aliphatic carbocycles. The van der Waals surface area contributed by atoms with Crippen LogP contribution in [0.4, 0.5) is 5.69 Å². The van der Waals surface area contributed by atoms with Gasteiger partial charge in [0.2, 0.25) is 0 Å². The number of carbonyl (C=O) groups excluding carboxylic acids is 1. The molecule has 1 unspecified atom stereocenters. The largest absolute Gasteiger partial charge is 0.453 e. The molecule has 0 bridgehead atoms. The number of nitrogens with one attached hydrogen (secondary N) is 1. The molecule has 2 aliphatic rings. The van der Waals surface area contributed by atoms with Gasteiger partial charge in [0, 0.05) is 0 Å². The summed E-state index contributed by atoms with van der Waals surface area (Å²) in [4.78, 5) is 12.0. The number of carbonyl (C=O) groups is 1. The lowest BCUT2D eigenvalue weighted by Crippen LogP contribution is -2.60. The van der Waals surface area contributed by atoms with Gasteiger partial charge in [0.15, 0.2) is 6.29 Å². The molecule has 126 valence electrons. The minimum Gasteiger partial charge on any atom is -0.453 e. The Kier molecular flexibility index (Phi) is 4.48. The smallest absolute Gasteiger partial charge is 0.294 e. The van der Waals surface area contributed by atoms with E-state index in [9.17, 15) is 20.1 Å². The summed E-state index contributed by atoms with van der Waals surface area (Å²) in [6.07, 6.45) is -8.70. The van der Waals surface area contributed by atoms with E-state index in [1.807, 2.05) is 0 Å². The highest BCUT2D eigenvalue weighted by Crippen LogP contribution is 2.31. The highest BCUT2D eigenvalue weighted by Gasteiger charge is 2.46. The van der Waals surface area contributed by atoms with Crippen LogP contribution in [-0.2, 0) is 14.3 Å². The van der Waals surface area contributed by atoms with Crippen LogP contribution in [0.25, 0.3) is 0 Å².